The predicted molar refractivity (Wildman–Crippen MR) is 234 cm³/mol. The highest BCUT2D eigenvalue weighted by Crippen LogP contribution is 2.41. The molecule has 57 heavy (non-hydrogen) atoms. The molecule has 0 amide bonds. The second kappa shape index (κ2) is 12.4. The van der Waals surface area contributed by atoms with Gasteiger partial charge in [0.2, 0.25) is 5.89 Å². The van der Waals surface area contributed by atoms with Gasteiger partial charge in [0.25, 0.3) is 0 Å². The lowest BCUT2D eigenvalue weighted by Gasteiger charge is -2.14. The first kappa shape index (κ1) is 31.6. The molecule has 0 bridgehead atoms. The van der Waals surface area contributed by atoms with Gasteiger partial charge in [-0.2, -0.15) is 0 Å². The summed E-state index contributed by atoms with van der Waals surface area (Å²) in [5, 5.41) is 13.8. The van der Waals surface area contributed by atoms with Crippen molar-refractivity contribution < 1.29 is 4.42 Å². The van der Waals surface area contributed by atoms with Crippen molar-refractivity contribution in [3.8, 4) is 45.6 Å². The van der Waals surface area contributed by atoms with E-state index in [0.29, 0.717) is 23.4 Å². The average molecular weight is 727 g/mol. The molecular weight excluding hydrogens is 697 g/mol. The Morgan fingerprint density at radius 3 is 1.56 bits per heavy atom. The summed E-state index contributed by atoms with van der Waals surface area (Å²) in [5.41, 5.74) is 5.34. The molecule has 5 nitrogen and oxygen atoms in total. The minimum absolute atomic E-state index is 0.608. The molecule has 0 fully saturated rings. The van der Waals surface area contributed by atoms with Gasteiger partial charge >= 0.3 is 0 Å². The van der Waals surface area contributed by atoms with E-state index in [1.807, 2.05) is 54.6 Å². The molecule has 10 aromatic carbocycles. The van der Waals surface area contributed by atoms with Gasteiger partial charge in [-0.1, -0.05) is 158 Å². The van der Waals surface area contributed by atoms with Crippen molar-refractivity contribution >= 4 is 75.7 Å². The Balaban J connectivity index is 1.10. The van der Waals surface area contributed by atoms with E-state index in [1.54, 1.807) is 0 Å². The van der Waals surface area contributed by atoms with Crippen molar-refractivity contribution in [3.05, 3.63) is 182 Å². The lowest BCUT2D eigenvalue weighted by atomic mass is 9.93. The van der Waals surface area contributed by atoms with E-state index in [2.05, 4.69) is 127 Å². The number of rotatable bonds is 4. The normalized spacial score (nSPS) is 11.9. The number of aromatic nitrogens is 4. The van der Waals surface area contributed by atoms with Crippen LogP contribution in [0.1, 0.15) is 0 Å². The predicted octanol–water partition coefficient (Wildman–Crippen LogP) is 13.6. The Hall–Kier alpha value is -7.76. The number of oxazole rings is 1. The molecule has 0 saturated carbocycles. The van der Waals surface area contributed by atoms with Crippen molar-refractivity contribution in [1.82, 2.24) is 19.9 Å². The van der Waals surface area contributed by atoms with Gasteiger partial charge in [-0.3, -0.25) is 0 Å². The third-order valence-electron chi connectivity index (χ3n) is 11.3. The standard InChI is InChI=1S/C52H30N4O/c1-3-12-33(13-4-1)49-54-50(35-25-28-40-38-18-8-7-16-36(38)37-17-9-10-19-39(37)44(40)30-35)56-51(55-49)43-21-11-20-42-41(43)27-24-31-22-23-32-26-29-45-48(47(32)46(31)42)57-52(53-45)34-14-5-2-6-15-34/h1-30H. The first-order valence-electron chi connectivity index (χ1n) is 19.1. The highest BCUT2D eigenvalue weighted by atomic mass is 16.3. The fraction of sp³-hybridized carbons (Fsp3) is 0. The lowest BCUT2D eigenvalue weighted by molar-refractivity contribution is 0.623. The highest BCUT2D eigenvalue weighted by molar-refractivity contribution is 6.28. The van der Waals surface area contributed by atoms with Gasteiger partial charge in [-0.25, -0.2) is 19.9 Å². The monoisotopic (exact) mass is 726 g/mol. The SMILES string of the molecule is c1ccc(-c2nc(-c3ccc4c5ccccc5c5ccccc5c4c3)nc(-c3cccc4c3ccc3ccc5ccc6nc(-c7ccccc7)oc6c5c34)n2)cc1. The molecular formula is C52H30N4O. The summed E-state index contributed by atoms with van der Waals surface area (Å²) < 4.78 is 6.61. The zero-order valence-electron chi connectivity index (χ0n) is 30.5. The second-order valence-electron chi connectivity index (χ2n) is 14.6. The van der Waals surface area contributed by atoms with Crippen LogP contribution in [0.5, 0.6) is 0 Å². The molecule has 0 saturated heterocycles. The molecule has 0 N–H and O–H groups in total. The Morgan fingerprint density at radius 1 is 0.316 bits per heavy atom. The number of nitrogens with zero attached hydrogens (tertiary/aromatic N) is 4. The molecule has 264 valence electrons. The van der Waals surface area contributed by atoms with E-state index in [9.17, 15) is 0 Å². The molecule has 0 atom stereocenters. The van der Waals surface area contributed by atoms with Crippen LogP contribution in [-0.2, 0) is 0 Å². The van der Waals surface area contributed by atoms with E-state index < -0.39 is 0 Å². The Labute approximate surface area is 326 Å². The molecule has 0 radical (unpaired) electrons. The number of hydrogen-bond acceptors (Lipinski definition) is 5. The van der Waals surface area contributed by atoms with Gasteiger partial charge in [-0.05, 0) is 78.1 Å². The zero-order valence-corrected chi connectivity index (χ0v) is 30.5. The van der Waals surface area contributed by atoms with E-state index >= 15 is 0 Å². The average Bonchev–Trinajstić information content (AvgIpc) is 3.74. The third kappa shape index (κ3) is 4.96. The van der Waals surface area contributed by atoms with Crippen molar-refractivity contribution in [2.75, 3.05) is 0 Å². The first-order valence-corrected chi connectivity index (χ1v) is 19.1. The first-order chi connectivity index (χ1) is 28.2. The smallest absolute Gasteiger partial charge is 0.227 e. The van der Waals surface area contributed by atoms with Crippen molar-refractivity contribution in [2.45, 2.75) is 0 Å². The van der Waals surface area contributed by atoms with Gasteiger partial charge in [0.1, 0.15) is 5.52 Å². The summed E-state index contributed by atoms with van der Waals surface area (Å²) in [7, 11) is 0. The molecule has 5 heteroatoms. The van der Waals surface area contributed by atoms with Crippen LogP contribution >= 0.6 is 0 Å². The molecule has 0 aliphatic heterocycles. The van der Waals surface area contributed by atoms with Crippen LogP contribution in [0.25, 0.3) is 121 Å². The molecule has 12 rings (SSSR count). The van der Waals surface area contributed by atoms with Crippen LogP contribution in [0.3, 0.4) is 0 Å². The summed E-state index contributed by atoms with van der Waals surface area (Å²) in [6, 6.07) is 63.4. The second-order valence-corrected chi connectivity index (χ2v) is 14.6. The van der Waals surface area contributed by atoms with Gasteiger partial charge in [0.15, 0.2) is 23.1 Å². The van der Waals surface area contributed by atoms with Crippen LogP contribution in [0, 0.1) is 0 Å². The van der Waals surface area contributed by atoms with Crippen LogP contribution in [0.2, 0.25) is 0 Å². The summed E-state index contributed by atoms with van der Waals surface area (Å²) >= 11 is 0. The quantitative estimate of drug-likeness (QED) is 0.169. The molecule has 0 aliphatic carbocycles. The maximum atomic E-state index is 6.61. The Morgan fingerprint density at radius 2 is 0.842 bits per heavy atom. The molecule has 0 aliphatic rings. The lowest BCUT2D eigenvalue weighted by Crippen LogP contribution is -2.00. The molecule has 2 aromatic heterocycles. The van der Waals surface area contributed by atoms with Gasteiger partial charge in [-0.15, -0.1) is 0 Å². The summed E-state index contributed by atoms with van der Waals surface area (Å²) in [6.07, 6.45) is 0. The van der Waals surface area contributed by atoms with Gasteiger partial charge in [0.05, 0.1) is 0 Å². The van der Waals surface area contributed by atoms with Crippen molar-refractivity contribution in [3.63, 3.8) is 0 Å². The van der Waals surface area contributed by atoms with E-state index in [1.165, 1.54) is 32.3 Å². The van der Waals surface area contributed by atoms with E-state index in [0.717, 1.165) is 65.7 Å². The third-order valence-corrected chi connectivity index (χ3v) is 11.3. The number of benzene rings is 10. The van der Waals surface area contributed by atoms with Crippen LogP contribution < -0.4 is 0 Å². The Bertz CT molecular complexity index is 3540. The summed E-state index contributed by atoms with van der Waals surface area (Å²) in [5.74, 6) is 2.47. The molecule has 0 unspecified atom stereocenters. The van der Waals surface area contributed by atoms with Crippen molar-refractivity contribution in [1.29, 1.82) is 0 Å². The van der Waals surface area contributed by atoms with Crippen LogP contribution in [0.15, 0.2) is 186 Å². The molecule has 0 spiro atoms. The maximum Gasteiger partial charge on any atom is 0.227 e. The molecule has 2 heterocycles. The van der Waals surface area contributed by atoms with E-state index in [-0.39, 0.29) is 0 Å². The number of hydrogen-bond donors (Lipinski definition) is 0. The van der Waals surface area contributed by atoms with Crippen molar-refractivity contribution in [2.24, 2.45) is 0 Å². The highest BCUT2D eigenvalue weighted by Gasteiger charge is 2.19. The van der Waals surface area contributed by atoms with Crippen LogP contribution in [-0.4, -0.2) is 19.9 Å². The minimum Gasteiger partial charge on any atom is -0.435 e. The van der Waals surface area contributed by atoms with E-state index in [4.69, 9.17) is 24.4 Å². The topological polar surface area (TPSA) is 64.7 Å². The summed E-state index contributed by atoms with van der Waals surface area (Å²) in [4.78, 5) is 20.5. The zero-order chi connectivity index (χ0) is 37.5. The fourth-order valence-corrected chi connectivity index (χ4v) is 8.66. The fourth-order valence-electron chi connectivity index (χ4n) is 8.66. The van der Waals surface area contributed by atoms with Gasteiger partial charge in [0, 0.05) is 33.0 Å². The largest absolute Gasteiger partial charge is 0.435 e. The van der Waals surface area contributed by atoms with Gasteiger partial charge < -0.3 is 4.42 Å². The Kier molecular flexibility index (Phi) is 6.86. The maximum absolute atomic E-state index is 6.61. The van der Waals surface area contributed by atoms with Crippen LogP contribution in [0.4, 0.5) is 0 Å². The minimum atomic E-state index is 0.608. The summed E-state index contributed by atoms with van der Waals surface area (Å²) in [6.45, 7) is 0. The number of fused-ring (bicyclic) bond motifs is 13. The molecule has 12 aromatic rings.